The monoisotopic (exact) mass is 623 g/mol. The number of hydrogen-bond acceptors (Lipinski definition) is 9. The van der Waals surface area contributed by atoms with E-state index in [1.807, 2.05) is 29.2 Å². The Labute approximate surface area is 268 Å². The summed E-state index contributed by atoms with van der Waals surface area (Å²) in [6.07, 6.45) is 6.92. The van der Waals surface area contributed by atoms with Gasteiger partial charge in [0.15, 0.2) is 0 Å². The maximum absolute atomic E-state index is 13.8. The molecule has 1 spiro atoms. The number of nitrogens with one attached hydrogen (secondary N) is 3. The number of rotatable bonds is 10. The predicted octanol–water partition coefficient (Wildman–Crippen LogP) is 1.97. The lowest BCUT2D eigenvalue weighted by Gasteiger charge is -2.29. The number of hydrazone groups is 1. The second-order valence-corrected chi connectivity index (χ2v) is 11.8. The van der Waals surface area contributed by atoms with Crippen molar-refractivity contribution in [1.29, 1.82) is 10.8 Å². The number of nitrogens with two attached hydrogens (primary N) is 2. The fourth-order valence-electron chi connectivity index (χ4n) is 6.30. The summed E-state index contributed by atoms with van der Waals surface area (Å²) in [6.45, 7) is 3.23. The molecule has 46 heavy (non-hydrogen) atoms. The van der Waals surface area contributed by atoms with Crippen molar-refractivity contribution in [2.24, 2.45) is 26.2 Å². The smallest absolute Gasteiger partial charge is 0.237 e. The van der Waals surface area contributed by atoms with Crippen molar-refractivity contribution in [3.05, 3.63) is 65.2 Å². The second-order valence-electron chi connectivity index (χ2n) is 11.8. The van der Waals surface area contributed by atoms with Crippen molar-refractivity contribution in [2.75, 3.05) is 64.0 Å². The number of amides is 2. The van der Waals surface area contributed by atoms with Crippen LogP contribution >= 0.6 is 0 Å². The van der Waals surface area contributed by atoms with Gasteiger partial charge in [0.1, 0.15) is 12.2 Å². The van der Waals surface area contributed by atoms with E-state index in [-0.39, 0.29) is 29.8 Å². The minimum Gasteiger partial charge on any atom is -0.398 e. The Bertz CT molecular complexity index is 1640. The molecule has 1 atom stereocenters. The first-order valence-electron chi connectivity index (χ1n) is 15.3. The fraction of sp³-hybridized carbons (Fsp3) is 0.364. The molecule has 2 aromatic carbocycles. The number of aliphatic imine (C=N–C) groups is 2. The molecule has 13 nitrogen and oxygen atoms in total. The molecular weight excluding hydrogens is 582 g/mol. The summed E-state index contributed by atoms with van der Waals surface area (Å²) in [7, 11) is 3.25. The molecule has 2 saturated heterocycles. The van der Waals surface area contributed by atoms with Crippen molar-refractivity contribution in [2.45, 2.75) is 19.3 Å². The van der Waals surface area contributed by atoms with Gasteiger partial charge in [-0.3, -0.25) is 30.3 Å². The van der Waals surface area contributed by atoms with E-state index in [2.05, 4.69) is 31.5 Å². The van der Waals surface area contributed by atoms with E-state index in [0.717, 1.165) is 17.5 Å². The minimum atomic E-state index is -0.542. The summed E-state index contributed by atoms with van der Waals surface area (Å²) >= 11 is 0. The number of benzene rings is 2. The zero-order valence-corrected chi connectivity index (χ0v) is 26.3. The van der Waals surface area contributed by atoms with Gasteiger partial charge >= 0.3 is 0 Å². The molecule has 2 fully saturated rings. The molecule has 0 saturated carbocycles. The first-order chi connectivity index (χ1) is 22.2. The van der Waals surface area contributed by atoms with Crippen LogP contribution in [0.1, 0.15) is 36.0 Å². The normalized spacial score (nSPS) is 20.7. The quantitative estimate of drug-likeness (QED) is 0.116. The number of anilines is 2. The standard InChI is InChI=1S/C33H41N11O2/c1-38-21-40-31(37)24-5-3-22(4-6-24)23-9-13-43(14-10-23)29(45)19-42-15-11-33(20-42)12-16-44(32(33)46)25-7-8-27(34)26(17-25)30(36)28(35)18-41-39-2/h3-9,17-18,21,35-36,39H,10-16,19-20,34H2,1-2H3,(H2,37,38,40)/b35-28?,36-30?,41-18-/t33-/m0/s1. The van der Waals surface area contributed by atoms with Crippen LogP contribution in [0, 0.1) is 16.2 Å². The van der Waals surface area contributed by atoms with E-state index in [1.165, 1.54) is 18.1 Å². The largest absolute Gasteiger partial charge is 0.398 e. The van der Waals surface area contributed by atoms with Crippen molar-refractivity contribution < 1.29 is 9.59 Å². The van der Waals surface area contributed by atoms with Crippen LogP contribution in [0.2, 0.25) is 0 Å². The lowest BCUT2D eigenvalue weighted by Crippen LogP contribution is -2.43. The van der Waals surface area contributed by atoms with Gasteiger partial charge in [0.05, 0.1) is 29.6 Å². The third-order valence-electron chi connectivity index (χ3n) is 8.94. The maximum atomic E-state index is 13.8. The molecule has 0 bridgehead atoms. The molecule has 5 rings (SSSR count). The molecule has 3 heterocycles. The predicted molar refractivity (Wildman–Crippen MR) is 184 cm³/mol. The number of nitrogens with zero attached hydrogens (tertiary/aromatic N) is 6. The number of carbonyl (C=O) groups is 2. The van der Waals surface area contributed by atoms with Gasteiger partial charge < -0.3 is 26.7 Å². The van der Waals surface area contributed by atoms with Crippen molar-refractivity contribution in [3.63, 3.8) is 0 Å². The topological polar surface area (TPSA) is 193 Å². The van der Waals surface area contributed by atoms with Crippen LogP contribution in [-0.2, 0) is 9.59 Å². The van der Waals surface area contributed by atoms with Gasteiger partial charge in [0.25, 0.3) is 0 Å². The van der Waals surface area contributed by atoms with Crippen LogP contribution in [-0.4, -0.2) is 105 Å². The summed E-state index contributed by atoms with van der Waals surface area (Å²) in [5, 5.41) is 20.3. The fourth-order valence-corrected chi connectivity index (χ4v) is 6.30. The highest BCUT2D eigenvalue weighted by Crippen LogP contribution is 2.42. The number of nitrogen functional groups attached to an aromatic ring is 1. The summed E-state index contributed by atoms with van der Waals surface area (Å²) in [4.78, 5) is 40.7. The molecule has 13 heteroatoms. The number of hydrogen-bond donors (Lipinski definition) is 5. The molecule has 2 amide bonds. The number of likely N-dealkylation sites (tertiary alicyclic amines) is 1. The third-order valence-corrected chi connectivity index (χ3v) is 8.94. The highest BCUT2D eigenvalue weighted by molar-refractivity contribution is 6.65. The Morgan fingerprint density at radius 1 is 1.11 bits per heavy atom. The van der Waals surface area contributed by atoms with Crippen molar-refractivity contribution >= 4 is 58.6 Å². The molecular formula is C33H41N11O2. The summed E-state index contributed by atoms with van der Waals surface area (Å²) in [5.41, 5.74) is 18.5. The van der Waals surface area contributed by atoms with E-state index in [0.29, 0.717) is 68.3 Å². The van der Waals surface area contributed by atoms with Gasteiger partial charge in [0.2, 0.25) is 11.8 Å². The Kier molecular flexibility index (Phi) is 9.71. The maximum Gasteiger partial charge on any atom is 0.237 e. The van der Waals surface area contributed by atoms with E-state index in [4.69, 9.17) is 22.3 Å². The Morgan fingerprint density at radius 2 is 1.87 bits per heavy atom. The van der Waals surface area contributed by atoms with Crippen LogP contribution in [0.15, 0.2) is 63.6 Å². The zero-order valence-electron chi connectivity index (χ0n) is 26.3. The molecule has 3 aliphatic rings. The van der Waals surface area contributed by atoms with Gasteiger partial charge in [-0.15, -0.1) is 0 Å². The molecule has 7 N–H and O–H groups in total. The van der Waals surface area contributed by atoms with Crippen molar-refractivity contribution in [3.8, 4) is 0 Å². The van der Waals surface area contributed by atoms with Crippen molar-refractivity contribution in [1.82, 2.24) is 15.2 Å². The van der Waals surface area contributed by atoms with Crippen LogP contribution in [0.25, 0.3) is 5.57 Å². The summed E-state index contributed by atoms with van der Waals surface area (Å²) in [5.74, 6) is 0.504. The van der Waals surface area contributed by atoms with Gasteiger partial charge in [-0.05, 0) is 55.1 Å². The number of amidine groups is 1. The lowest BCUT2D eigenvalue weighted by atomic mass is 9.85. The van der Waals surface area contributed by atoms with Crippen LogP contribution in [0.4, 0.5) is 11.4 Å². The molecule has 2 aromatic rings. The number of carbonyl (C=O) groups excluding carboxylic acids is 2. The molecule has 0 unspecified atom stereocenters. The van der Waals surface area contributed by atoms with Crippen LogP contribution < -0.4 is 21.8 Å². The second kappa shape index (κ2) is 13.9. The Balaban J connectivity index is 1.17. The minimum absolute atomic E-state index is 0.0274. The first kappa shape index (κ1) is 32.2. The average molecular weight is 624 g/mol. The molecule has 3 aliphatic heterocycles. The molecule has 240 valence electrons. The van der Waals surface area contributed by atoms with E-state index in [9.17, 15) is 9.59 Å². The van der Waals surface area contributed by atoms with Gasteiger partial charge in [-0.25, -0.2) is 4.99 Å². The van der Waals surface area contributed by atoms with Gasteiger partial charge in [-0.2, -0.15) is 5.10 Å². The van der Waals surface area contributed by atoms with Crippen LogP contribution in [0.3, 0.4) is 0 Å². The van der Waals surface area contributed by atoms with Crippen LogP contribution in [0.5, 0.6) is 0 Å². The van der Waals surface area contributed by atoms with Gasteiger partial charge in [0, 0.05) is 62.8 Å². The highest BCUT2D eigenvalue weighted by atomic mass is 16.2. The summed E-state index contributed by atoms with van der Waals surface area (Å²) in [6, 6.07) is 13.1. The summed E-state index contributed by atoms with van der Waals surface area (Å²) < 4.78 is 0. The van der Waals surface area contributed by atoms with Gasteiger partial charge in [-0.1, -0.05) is 30.3 Å². The SMILES string of the molecule is CN=CN=C(N)c1ccc(C2=CCN(C(=O)CN3CC[C@]4(CCN(c5ccc(N)c(C(=N)C(=N)/C=N\NC)c5)C4=O)C3)CC2)cc1. The average Bonchev–Trinajstić information content (AvgIpc) is 3.64. The molecule has 0 aliphatic carbocycles. The van der Waals surface area contributed by atoms with E-state index >= 15 is 0 Å². The highest BCUT2D eigenvalue weighted by Gasteiger charge is 2.51. The first-order valence-corrected chi connectivity index (χ1v) is 15.3. The molecule has 0 aromatic heterocycles. The lowest BCUT2D eigenvalue weighted by molar-refractivity contribution is -0.132. The molecule has 0 radical (unpaired) electrons. The van der Waals surface area contributed by atoms with E-state index < -0.39 is 5.41 Å². The van der Waals surface area contributed by atoms with E-state index in [1.54, 1.807) is 37.2 Å². The zero-order chi connectivity index (χ0) is 32.8. The Morgan fingerprint density at radius 3 is 2.57 bits per heavy atom. The Hall–Kier alpha value is -5.17. The third kappa shape index (κ3) is 6.74.